The molecule has 1 amide bonds. The van der Waals surface area contributed by atoms with Crippen LogP contribution in [0.3, 0.4) is 0 Å². The summed E-state index contributed by atoms with van der Waals surface area (Å²) in [6.07, 6.45) is 0.185. The van der Waals surface area contributed by atoms with Crippen molar-refractivity contribution in [3.63, 3.8) is 0 Å². The van der Waals surface area contributed by atoms with E-state index in [1.54, 1.807) is 14.2 Å². The summed E-state index contributed by atoms with van der Waals surface area (Å²) in [6, 6.07) is 11.4. The minimum Gasteiger partial charge on any atom is -0.496 e. The normalized spacial score (nSPS) is 11.9. The molecular weight excluding hydrogens is 384 g/mol. The minimum absolute atomic E-state index is 0.185. The van der Waals surface area contributed by atoms with Gasteiger partial charge in [0.25, 0.3) is 5.91 Å². The lowest BCUT2D eigenvalue weighted by Gasteiger charge is -2.07. The number of aryl methyl sites for hydroxylation is 1. The third kappa shape index (κ3) is 4.58. The Bertz CT molecular complexity index is 1040. The number of aromatic nitrogens is 1. The maximum absolute atomic E-state index is 12.6. The Kier molecular flexibility index (Phi) is 6.31. The van der Waals surface area contributed by atoms with E-state index in [4.69, 9.17) is 21.1 Å². The molecule has 0 atom stereocenters. The highest BCUT2D eigenvalue weighted by Crippen LogP contribution is 2.23. The average molecular weight is 405 g/mol. The fourth-order valence-electron chi connectivity index (χ4n) is 2.89. The zero-order chi connectivity index (χ0) is 19.4. The first-order valence-electron chi connectivity index (χ1n) is 8.50. The summed E-state index contributed by atoms with van der Waals surface area (Å²) < 4.78 is 13.5. The fourth-order valence-corrected chi connectivity index (χ4v) is 4.24. The highest BCUT2D eigenvalue weighted by atomic mass is 35.5. The van der Waals surface area contributed by atoms with Crippen LogP contribution in [0.5, 0.6) is 5.75 Å². The van der Waals surface area contributed by atoms with Gasteiger partial charge in [-0.05, 0) is 31.2 Å². The number of methoxy groups -OCH3 is 2. The summed E-state index contributed by atoms with van der Waals surface area (Å²) >= 11 is 7.55. The number of benzene rings is 2. The van der Waals surface area contributed by atoms with Gasteiger partial charge >= 0.3 is 0 Å². The first-order chi connectivity index (χ1) is 13.0. The number of ether oxygens (including phenoxy) is 2. The van der Waals surface area contributed by atoms with E-state index in [0.717, 1.165) is 21.3 Å². The second kappa shape index (κ2) is 8.69. The van der Waals surface area contributed by atoms with E-state index in [9.17, 15) is 4.79 Å². The number of hydrogen-bond donors (Lipinski definition) is 0. The summed E-state index contributed by atoms with van der Waals surface area (Å²) in [7, 11) is 3.25. The molecule has 3 rings (SSSR count). The van der Waals surface area contributed by atoms with Crippen molar-refractivity contribution < 1.29 is 14.3 Å². The number of thiazole rings is 1. The molecule has 0 N–H and O–H groups in total. The molecule has 27 heavy (non-hydrogen) atoms. The van der Waals surface area contributed by atoms with Gasteiger partial charge in [0.2, 0.25) is 0 Å². The van der Waals surface area contributed by atoms with E-state index in [0.29, 0.717) is 28.7 Å². The molecule has 0 unspecified atom stereocenters. The van der Waals surface area contributed by atoms with Crippen molar-refractivity contribution >= 4 is 39.1 Å². The molecule has 0 saturated heterocycles. The third-order valence-electron chi connectivity index (χ3n) is 4.16. The van der Waals surface area contributed by atoms with Crippen LogP contribution in [-0.2, 0) is 22.5 Å². The van der Waals surface area contributed by atoms with Crippen LogP contribution in [0, 0.1) is 6.92 Å². The molecule has 0 aliphatic carbocycles. The largest absolute Gasteiger partial charge is 0.496 e. The summed E-state index contributed by atoms with van der Waals surface area (Å²) in [4.78, 5) is 17.7. The molecule has 0 radical (unpaired) electrons. The predicted octanol–water partition coefficient (Wildman–Crippen LogP) is 3.99. The quantitative estimate of drug-likeness (QED) is 0.624. The van der Waals surface area contributed by atoms with Crippen LogP contribution < -0.4 is 9.54 Å². The molecule has 3 aromatic rings. The van der Waals surface area contributed by atoms with Gasteiger partial charge in [0, 0.05) is 24.2 Å². The summed E-state index contributed by atoms with van der Waals surface area (Å²) in [5.74, 6) is 0.474. The van der Waals surface area contributed by atoms with Crippen molar-refractivity contribution in [2.45, 2.75) is 19.9 Å². The lowest BCUT2D eigenvalue weighted by Crippen LogP contribution is -2.19. The van der Waals surface area contributed by atoms with E-state index in [1.807, 2.05) is 47.9 Å². The molecule has 0 aliphatic heterocycles. The number of amides is 1. The Hall–Kier alpha value is -2.15. The van der Waals surface area contributed by atoms with Gasteiger partial charge in [-0.1, -0.05) is 40.6 Å². The molecule has 0 spiro atoms. The van der Waals surface area contributed by atoms with E-state index >= 15 is 0 Å². The molecule has 0 aliphatic rings. The summed E-state index contributed by atoms with van der Waals surface area (Å²) in [5.41, 5.74) is 2.89. The van der Waals surface area contributed by atoms with Gasteiger partial charge in [0.15, 0.2) is 4.80 Å². The van der Waals surface area contributed by atoms with Crippen molar-refractivity contribution in [1.82, 2.24) is 4.57 Å². The molecule has 7 heteroatoms. The molecule has 5 nitrogen and oxygen atoms in total. The molecule has 1 aromatic heterocycles. The molecular formula is C20H21ClN2O3S. The minimum atomic E-state index is -0.220. The molecule has 0 saturated carbocycles. The van der Waals surface area contributed by atoms with E-state index in [1.165, 1.54) is 11.3 Å². The van der Waals surface area contributed by atoms with Crippen LogP contribution in [0.4, 0.5) is 0 Å². The third-order valence-corrected chi connectivity index (χ3v) is 5.44. The lowest BCUT2D eigenvalue weighted by atomic mass is 10.1. The number of carbonyl (C=O) groups is 1. The highest BCUT2D eigenvalue weighted by molar-refractivity contribution is 7.16. The SMILES string of the molecule is COCCn1c(=NC(=O)Cc2cc(C)ccc2OC)sc2cc(Cl)ccc21. The summed E-state index contributed by atoms with van der Waals surface area (Å²) in [6.45, 7) is 3.12. The molecule has 2 aromatic carbocycles. The monoisotopic (exact) mass is 404 g/mol. The standard InChI is InChI=1S/C20H21ClN2O3S/c1-13-4-7-17(26-3)14(10-13)11-19(24)22-20-23(8-9-25-2)16-6-5-15(21)12-18(16)27-20/h4-7,10,12H,8-9,11H2,1-3H3. The first-order valence-corrected chi connectivity index (χ1v) is 9.70. The van der Waals surface area contributed by atoms with Crippen molar-refractivity contribution in [3.8, 4) is 5.75 Å². The molecule has 142 valence electrons. The first kappa shape index (κ1) is 19.6. The second-order valence-corrected chi connectivity index (χ2v) is 7.58. The zero-order valence-corrected chi connectivity index (χ0v) is 17.1. The smallest absolute Gasteiger partial charge is 0.252 e. The second-order valence-electron chi connectivity index (χ2n) is 6.14. The van der Waals surface area contributed by atoms with Gasteiger partial charge in [0.1, 0.15) is 5.75 Å². The molecule has 1 heterocycles. The van der Waals surface area contributed by atoms with E-state index < -0.39 is 0 Å². The Morgan fingerprint density at radius 1 is 1.22 bits per heavy atom. The number of carbonyl (C=O) groups excluding carboxylic acids is 1. The Morgan fingerprint density at radius 2 is 2.04 bits per heavy atom. The Morgan fingerprint density at radius 3 is 2.78 bits per heavy atom. The van der Waals surface area contributed by atoms with Gasteiger partial charge in [-0.25, -0.2) is 0 Å². The molecule has 0 bridgehead atoms. The number of rotatable bonds is 6. The van der Waals surface area contributed by atoms with Gasteiger partial charge in [-0.3, -0.25) is 4.79 Å². The fraction of sp³-hybridized carbons (Fsp3) is 0.300. The molecule has 0 fully saturated rings. The van der Waals surface area contributed by atoms with Crippen LogP contribution in [0.1, 0.15) is 11.1 Å². The highest BCUT2D eigenvalue weighted by Gasteiger charge is 2.11. The Labute approximate surface area is 166 Å². The Balaban J connectivity index is 1.99. The topological polar surface area (TPSA) is 52.8 Å². The number of halogens is 1. The predicted molar refractivity (Wildman–Crippen MR) is 109 cm³/mol. The average Bonchev–Trinajstić information content (AvgIpc) is 2.95. The van der Waals surface area contributed by atoms with Crippen molar-refractivity contribution in [2.75, 3.05) is 20.8 Å². The lowest BCUT2D eigenvalue weighted by molar-refractivity contribution is -0.117. The number of hydrogen-bond acceptors (Lipinski definition) is 4. The van der Waals surface area contributed by atoms with Gasteiger partial charge in [0.05, 0.1) is 30.4 Å². The zero-order valence-electron chi connectivity index (χ0n) is 15.5. The van der Waals surface area contributed by atoms with Crippen LogP contribution >= 0.6 is 22.9 Å². The van der Waals surface area contributed by atoms with E-state index in [-0.39, 0.29) is 12.3 Å². The van der Waals surface area contributed by atoms with Crippen LogP contribution in [0.15, 0.2) is 41.4 Å². The van der Waals surface area contributed by atoms with E-state index in [2.05, 4.69) is 4.99 Å². The maximum atomic E-state index is 12.6. The van der Waals surface area contributed by atoms with Crippen molar-refractivity contribution in [2.24, 2.45) is 4.99 Å². The van der Waals surface area contributed by atoms with Crippen LogP contribution in [0.25, 0.3) is 10.2 Å². The van der Waals surface area contributed by atoms with Gasteiger partial charge in [-0.2, -0.15) is 4.99 Å². The van der Waals surface area contributed by atoms with Gasteiger partial charge in [-0.15, -0.1) is 0 Å². The van der Waals surface area contributed by atoms with Crippen molar-refractivity contribution in [3.05, 3.63) is 57.3 Å². The van der Waals surface area contributed by atoms with Crippen LogP contribution in [-0.4, -0.2) is 31.3 Å². The number of nitrogens with zero attached hydrogens (tertiary/aromatic N) is 2. The van der Waals surface area contributed by atoms with Gasteiger partial charge < -0.3 is 14.0 Å². The summed E-state index contributed by atoms with van der Waals surface area (Å²) in [5, 5.41) is 0.657. The van der Waals surface area contributed by atoms with Crippen LogP contribution in [0.2, 0.25) is 5.02 Å². The number of fused-ring (bicyclic) bond motifs is 1. The van der Waals surface area contributed by atoms with Crippen molar-refractivity contribution in [1.29, 1.82) is 0 Å². The maximum Gasteiger partial charge on any atom is 0.252 e.